The van der Waals surface area contributed by atoms with Crippen LogP contribution in [0.4, 0.5) is 0 Å². The summed E-state index contributed by atoms with van der Waals surface area (Å²) in [6, 6.07) is 23.1. The lowest BCUT2D eigenvalue weighted by atomic mass is 9.68. The van der Waals surface area contributed by atoms with Crippen LogP contribution in [0.15, 0.2) is 83.9 Å². The summed E-state index contributed by atoms with van der Waals surface area (Å²) in [4.78, 5) is 68.4. The predicted molar refractivity (Wildman–Crippen MR) is 222 cm³/mol. The first-order valence-electron chi connectivity index (χ1n) is 19.8. The minimum Gasteiger partial charge on any atom is -0.288 e. The average Bonchev–Trinajstić information content (AvgIpc) is 4.04. The maximum Gasteiger partial charge on any atom is 0.197 e. The molecule has 0 aliphatic heterocycles. The molecule has 2 heterocycles. The van der Waals surface area contributed by atoms with Crippen LogP contribution < -0.4 is 0 Å². The van der Waals surface area contributed by atoms with Gasteiger partial charge in [-0.15, -0.1) is 22.7 Å². The minimum atomic E-state index is -0.275. The highest BCUT2D eigenvalue weighted by Gasteiger charge is 2.60. The first-order chi connectivity index (χ1) is 27.3. The van der Waals surface area contributed by atoms with E-state index in [1.165, 1.54) is 33.7 Å². The van der Waals surface area contributed by atoms with E-state index in [9.17, 15) is 19.2 Å². The highest BCUT2D eigenvalue weighted by molar-refractivity contribution is 7.15. The van der Waals surface area contributed by atoms with E-state index in [1.807, 2.05) is 72.8 Å². The van der Waals surface area contributed by atoms with Gasteiger partial charge in [0.15, 0.2) is 23.1 Å². The number of rotatable bonds is 2. The predicted octanol–water partition coefficient (Wildman–Crippen LogP) is 11.2. The molecule has 6 nitrogen and oxygen atoms in total. The second kappa shape index (κ2) is 11.6. The second-order valence-corrected chi connectivity index (χ2v) is 18.5. The Hall–Kier alpha value is -5.44. The van der Waals surface area contributed by atoms with Gasteiger partial charge in [0.1, 0.15) is 10.0 Å². The van der Waals surface area contributed by atoms with Gasteiger partial charge in [-0.25, -0.2) is 9.97 Å². The molecule has 0 unspecified atom stereocenters. The van der Waals surface area contributed by atoms with E-state index < -0.39 is 0 Å². The highest BCUT2D eigenvalue weighted by atomic mass is 32.1. The SMILES string of the molecule is O=C1C(=Cc2nc3c(s2)C2=C(c4sc(C=C5C(=O)c6cc7ccccc7cc6C5=O)nc4C24CCCCC4)C32CCCCC2)C(=O)c2cc3ccccc3cc21. The number of aromatic nitrogens is 2. The maximum absolute atomic E-state index is 13.8. The number of benzene rings is 4. The Morgan fingerprint density at radius 3 is 1.11 bits per heavy atom. The molecule has 2 saturated carbocycles. The number of carbonyl (C=O) groups is 4. The number of carbonyl (C=O) groups excluding carboxylic acids is 4. The summed E-state index contributed by atoms with van der Waals surface area (Å²) in [7, 11) is 0. The van der Waals surface area contributed by atoms with Crippen LogP contribution in [0.25, 0.3) is 44.8 Å². The molecule has 2 fully saturated rings. The number of allylic oxidation sites excluding steroid dienone is 4. The minimum absolute atomic E-state index is 0.193. The third kappa shape index (κ3) is 4.26. The molecule has 0 atom stereocenters. The van der Waals surface area contributed by atoms with Gasteiger partial charge in [0.2, 0.25) is 0 Å². The Kier molecular flexibility index (Phi) is 6.76. The molecule has 0 saturated heterocycles. The summed E-state index contributed by atoms with van der Waals surface area (Å²) in [5.74, 6) is -0.920. The summed E-state index contributed by atoms with van der Waals surface area (Å²) in [5, 5.41) is 5.21. The van der Waals surface area contributed by atoms with Gasteiger partial charge >= 0.3 is 0 Å². The average molecular weight is 767 g/mol. The molecule has 6 aliphatic carbocycles. The van der Waals surface area contributed by atoms with E-state index in [0.717, 1.165) is 84.3 Å². The number of hydrogen-bond acceptors (Lipinski definition) is 8. The molecule has 56 heavy (non-hydrogen) atoms. The number of Topliss-reactive ketones (excluding diaryl/α,β-unsaturated/α-hetero) is 4. The van der Waals surface area contributed by atoms with Crippen LogP contribution in [-0.4, -0.2) is 33.1 Å². The van der Waals surface area contributed by atoms with Crippen molar-refractivity contribution in [2.45, 2.75) is 75.0 Å². The molecule has 272 valence electrons. The lowest BCUT2D eigenvalue weighted by Gasteiger charge is -2.35. The topological polar surface area (TPSA) is 94.1 Å². The van der Waals surface area contributed by atoms with Crippen molar-refractivity contribution < 1.29 is 19.2 Å². The molecular weight excluding hydrogens is 733 g/mol. The van der Waals surface area contributed by atoms with E-state index in [0.29, 0.717) is 32.3 Å². The summed E-state index contributed by atoms with van der Waals surface area (Å²) in [5.41, 5.74) is 6.65. The van der Waals surface area contributed by atoms with Gasteiger partial charge in [0.25, 0.3) is 0 Å². The highest BCUT2D eigenvalue weighted by Crippen LogP contribution is 2.70. The molecule has 2 spiro atoms. The van der Waals surface area contributed by atoms with E-state index in [4.69, 9.17) is 9.97 Å². The lowest BCUT2D eigenvalue weighted by molar-refractivity contribution is 0.0975. The van der Waals surface area contributed by atoms with Gasteiger partial charge < -0.3 is 0 Å². The fourth-order valence-electron chi connectivity index (χ4n) is 11.0. The number of nitrogens with zero attached hydrogens (tertiary/aromatic N) is 2. The van der Waals surface area contributed by atoms with Crippen molar-refractivity contribution >= 4 is 90.6 Å². The molecule has 6 aromatic rings. The van der Waals surface area contributed by atoms with Crippen molar-refractivity contribution in [3.8, 4) is 0 Å². The summed E-state index contributed by atoms with van der Waals surface area (Å²) in [6.07, 6.45) is 14.2. The van der Waals surface area contributed by atoms with Crippen molar-refractivity contribution in [3.05, 3.63) is 137 Å². The summed E-state index contributed by atoms with van der Waals surface area (Å²) < 4.78 is 0. The largest absolute Gasteiger partial charge is 0.288 e. The Bertz CT molecular complexity index is 2650. The molecular formula is C48H34N2O4S2. The Balaban J connectivity index is 0.984. The van der Waals surface area contributed by atoms with Crippen LogP contribution >= 0.6 is 22.7 Å². The molecule has 0 bridgehead atoms. The quantitative estimate of drug-likeness (QED) is 0.129. The molecule has 2 aromatic heterocycles. The van der Waals surface area contributed by atoms with Gasteiger partial charge in [-0.05, 0) is 94.8 Å². The molecule has 4 aromatic carbocycles. The van der Waals surface area contributed by atoms with Crippen LogP contribution in [-0.2, 0) is 10.8 Å². The Morgan fingerprint density at radius 2 is 0.786 bits per heavy atom. The number of ketones is 4. The smallest absolute Gasteiger partial charge is 0.197 e. The normalized spacial score (nSPS) is 20.1. The van der Waals surface area contributed by atoms with E-state index in [1.54, 1.807) is 34.8 Å². The van der Waals surface area contributed by atoms with Crippen molar-refractivity contribution in [1.29, 1.82) is 0 Å². The number of hydrogen-bond donors (Lipinski definition) is 0. The summed E-state index contributed by atoms with van der Waals surface area (Å²) >= 11 is 3.26. The first kappa shape index (κ1) is 32.8. The molecule has 0 radical (unpaired) electrons. The zero-order chi connectivity index (χ0) is 37.5. The van der Waals surface area contributed by atoms with Gasteiger partial charge in [-0.2, -0.15) is 0 Å². The van der Waals surface area contributed by atoms with Crippen LogP contribution in [0.5, 0.6) is 0 Å². The van der Waals surface area contributed by atoms with Gasteiger partial charge in [-0.3, -0.25) is 19.2 Å². The standard InChI is InChI=1S/C48H34N2O4S2/c51-39-29-19-25-11-3-4-12-26(25)20-30(29)40(52)33(39)23-35-49-45-44(56-35)38-37(47(45)15-7-1-8-16-47)43-46(48(38)17-9-2-10-18-48)50-36(55-43)24-34-41(53)31-21-27-13-5-6-14-28(27)22-32(31)42(34)54/h3-6,11-14,19-24H,1-2,7-10,15-18H2. The van der Waals surface area contributed by atoms with Crippen molar-refractivity contribution in [1.82, 2.24) is 9.97 Å². The first-order valence-corrected chi connectivity index (χ1v) is 21.4. The fourth-order valence-corrected chi connectivity index (χ4v) is 13.5. The van der Waals surface area contributed by atoms with Crippen molar-refractivity contribution in [3.63, 3.8) is 0 Å². The molecule has 6 aliphatic rings. The maximum atomic E-state index is 13.8. The van der Waals surface area contributed by atoms with Crippen LogP contribution in [0, 0.1) is 0 Å². The monoisotopic (exact) mass is 766 g/mol. The Morgan fingerprint density at radius 1 is 0.464 bits per heavy atom. The molecule has 12 rings (SSSR count). The fraction of sp³-hybridized carbons (Fsp3) is 0.250. The van der Waals surface area contributed by atoms with Crippen LogP contribution in [0.3, 0.4) is 0 Å². The summed E-state index contributed by atoms with van der Waals surface area (Å²) in [6.45, 7) is 0. The zero-order valence-corrected chi connectivity index (χ0v) is 32.1. The van der Waals surface area contributed by atoms with E-state index in [-0.39, 0.29) is 45.1 Å². The molecule has 0 N–H and O–H groups in total. The van der Waals surface area contributed by atoms with Crippen molar-refractivity contribution in [2.24, 2.45) is 0 Å². The third-order valence-electron chi connectivity index (χ3n) is 13.5. The van der Waals surface area contributed by atoms with Gasteiger partial charge in [-0.1, -0.05) is 87.1 Å². The number of fused-ring (bicyclic) bond motifs is 12. The van der Waals surface area contributed by atoms with Crippen LogP contribution in [0.1, 0.15) is 137 Å². The molecule has 8 heteroatoms. The lowest BCUT2D eigenvalue weighted by Crippen LogP contribution is -2.29. The van der Waals surface area contributed by atoms with Crippen LogP contribution in [0.2, 0.25) is 0 Å². The second-order valence-electron chi connectivity index (χ2n) is 16.4. The number of thiazole rings is 2. The third-order valence-corrected chi connectivity index (χ3v) is 15.6. The van der Waals surface area contributed by atoms with Gasteiger partial charge in [0.05, 0.1) is 32.3 Å². The zero-order valence-electron chi connectivity index (χ0n) is 30.5. The van der Waals surface area contributed by atoms with E-state index in [2.05, 4.69) is 0 Å². The van der Waals surface area contributed by atoms with Gasteiger partial charge in [0, 0.05) is 33.1 Å². The molecule has 0 amide bonds. The Labute approximate surface area is 330 Å². The van der Waals surface area contributed by atoms with Crippen molar-refractivity contribution in [2.75, 3.05) is 0 Å². The van der Waals surface area contributed by atoms with E-state index >= 15 is 0 Å².